The maximum absolute atomic E-state index is 11.5. The zero-order valence-corrected chi connectivity index (χ0v) is 10.2. The van der Waals surface area contributed by atoms with E-state index in [1.54, 1.807) is 24.3 Å². The first-order valence-corrected chi connectivity index (χ1v) is 5.57. The predicted octanol–water partition coefficient (Wildman–Crippen LogP) is 0.946. The number of terminal acetylenes is 1. The second kappa shape index (κ2) is 7.69. The molecule has 1 rings (SSSR count). The van der Waals surface area contributed by atoms with Gasteiger partial charge in [0.05, 0.1) is 13.1 Å². The molecule has 0 saturated heterocycles. The number of carbonyl (C=O) groups excluding carboxylic acids is 1. The van der Waals surface area contributed by atoms with Crippen molar-refractivity contribution in [2.45, 2.75) is 0 Å². The van der Waals surface area contributed by atoms with E-state index in [1.807, 2.05) is 0 Å². The van der Waals surface area contributed by atoms with E-state index in [0.29, 0.717) is 17.8 Å². The SMILES string of the molecule is C#CCNCC(=O)Nc1cccc(/C=C/C(=O)O)c1. The molecular formula is C14H14N2O3. The second-order valence-electron chi connectivity index (χ2n) is 3.65. The van der Waals surface area contributed by atoms with Crippen molar-refractivity contribution >= 4 is 23.6 Å². The van der Waals surface area contributed by atoms with Crippen LogP contribution in [0, 0.1) is 12.3 Å². The summed E-state index contributed by atoms with van der Waals surface area (Å²) in [6.07, 6.45) is 7.54. The van der Waals surface area contributed by atoms with Gasteiger partial charge < -0.3 is 10.4 Å². The lowest BCUT2D eigenvalue weighted by molar-refractivity contribution is -0.131. The van der Waals surface area contributed by atoms with Gasteiger partial charge in [0.25, 0.3) is 0 Å². The Labute approximate surface area is 111 Å². The zero-order valence-electron chi connectivity index (χ0n) is 10.2. The third-order valence-corrected chi connectivity index (χ3v) is 2.10. The first kappa shape index (κ1) is 14.5. The molecule has 0 aliphatic carbocycles. The molecule has 1 aromatic rings. The summed E-state index contributed by atoms with van der Waals surface area (Å²) in [4.78, 5) is 21.9. The number of benzene rings is 1. The van der Waals surface area contributed by atoms with Crippen LogP contribution in [-0.4, -0.2) is 30.1 Å². The van der Waals surface area contributed by atoms with Crippen LogP contribution in [0.1, 0.15) is 5.56 Å². The number of rotatable bonds is 6. The van der Waals surface area contributed by atoms with Crippen molar-refractivity contribution in [2.75, 3.05) is 18.4 Å². The van der Waals surface area contributed by atoms with E-state index in [4.69, 9.17) is 11.5 Å². The van der Waals surface area contributed by atoms with Crippen molar-refractivity contribution in [3.8, 4) is 12.3 Å². The standard InChI is InChI=1S/C14H14N2O3/c1-2-8-15-10-13(17)16-12-5-3-4-11(9-12)6-7-14(18)19/h1,3-7,9,15H,8,10H2,(H,16,17)(H,18,19)/b7-6+. The van der Waals surface area contributed by atoms with Gasteiger partial charge in [0.1, 0.15) is 0 Å². The number of anilines is 1. The molecule has 19 heavy (non-hydrogen) atoms. The summed E-state index contributed by atoms with van der Waals surface area (Å²) in [6, 6.07) is 6.87. The Hall–Kier alpha value is -2.58. The maximum Gasteiger partial charge on any atom is 0.328 e. The van der Waals surface area contributed by atoms with E-state index in [2.05, 4.69) is 16.6 Å². The number of hydrogen-bond donors (Lipinski definition) is 3. The second-order valence-corrected chi connectivity index (χ2v) is 3.65. The monoisotopic (exact) mass is 258 g/mol. The van der Waals surface area contributed by atoms with Crippen LogP contribution in [0.5, 0.6) is 0 Å². The minimum absolute atomic E-state index is 0.124. The predicted molar refractivity (Wildman–Crippen MR) is 73.4 cm³/mol. The average molecular weight is 258 g/mol. The summed E-state index contributed by atoms with van der Waals surface area (Å²) in [5.41, 5.74) is 1.29. The Morgan fingerprint density at radius 1 is 1.42 bits per heavy atom. The third-order valence-electron chi connectivity index (χ3n) is 2.10. The first-order chi connectivity index (χ1) is 9.11. The molecule has 0 aliphatic rings. The van der Waals surface area contributed by atoms with Crippen LogP contribution in [0.3, 0.4) is 0 Å². The van der Waals surface area contributed by atoms with Crippen LogP contribution in [0.25, 0.3) is 6.08 Å². The largest absolute Gasteiger partial charge is 0.478 e. The van der Waals surface area contributed by atoms with Gasteiger partial charge in [0.2, 0.25) is 5.91 Å². The van der Waals surface area contributed by atoms with Crippen LogP contribution in [-0.2, 0) is 9.59 Å². The molecule has 0 fully saturated rings. The third kappa shape index (κ3) is 6.05. The van der Waals surface area contributed by atoms with Gasteiger partial charge in [0.15, 0.2) is 0 Å². The van der Waals surface area contributed by atoms with Crippen molar-refractivity contribution in [3.05, 3.63) is 35.9 Å². The number of carbonyl (C=O) groups is 2. The highest BCUT2D eigenvalue weighted by Crippen LogP contribution is 2.11. The Morgan fingerprint density at radius 3 is 2.89 bits per heavy atom. The lowest BCUT2D eigenvalue weighted by Gasteiger charge is -2.06. The van der Waals surface area contributed by atoms with E-state index in [0.717, 1.165) is 6.08 Å². The van der Waals surface area contributed by atoms with E-state index in [-0.39, 0.29) is 12.5 Å². The summed E-state index contributed by atoms with van der Waals surface area (Å²) in [7, 11) is 0. The van der Waals surface area contributed by atoms with E-state index in [1.165, 1.54) is 6.08 Å². The number of aliphatic carboxylic acids is 1. The normalized spacial score (nSPS) is 10.1. The molecule has 1 aromatic carbocycles. The fraction of sp³-hybridized carbons (Fsp3) is 0.143. The van der Waals surface area contributed by atoms with Crippen LogP contribution in [0.4, 0.5) is 5.69 Å². The fourth-order valence-corrected chi connectivity index (χ4v) is 1.34. The van der Waals surface area contributed by atoms with Gasteiger partial charge in [0, 0.05) is 11.8 Å². The first-order valence-electron chi connectivity index (χ1n) is 5.57. The van der Waals surface area contributed by atoms with E-state index in [9.17, 15) is 9.59 Å². The van der Waals surface area contributed by atoms with E-state index >= 15 is 0 Å². The smallest absolute Gasteiger partial charge is 0.328 e. The molecule has 5 nitrogen and oxygen atoms in total. The van der Waals surface area contributed by atoms with Gasteiger partial charge >= 0.3 is 5.97 Å². The topological polar surface area (TPSA) is 78.4 Å². The lowest BCUT2D eigenvalue weighted by atomic mass is 10.2. The van der Waals surface area contributed by atoms with Gasteiger partial charge in [-0.1, -0.05) is 18.1 Å². The molecule has 0 atom stereocenters. The summed E-state index contributed by atoms with van der Waals surface area (Å²) in [5, 5.41) is 14.0. The van der Waals surface area contributed by atoms with Crippen LogP contribution in [0.2, 0.25) is 0 Å². The highest BCUT2D eigenvalue weighted by molar-refractivity contribution is 5.92. The van der Waals surface area contributed by atoms with Gasteiger partial charge in [-0.2, -0.15) is 0 Å². The Balaban J connectivity index is 2.59. The average Bonchev–Trinajstić information content (AvgIpc) is 2.37. The van der Waals surface area contributed by atoms with Crippen molar-refractivity contribution < 1.29 is 14.7 Å². The minimum atomic E-state index is -1.02. The fourth-order valence-electron chi connectivity index (χ4n) is 1.34. The molecular weight excluding hydrogens is 244 g/mol. The molecule has 98 valence electrons. The van der Waals surface area contributed by atoms with Crippen molar-refractivity contribution in [2.24, 2.45) is 0 Å². The van der Waals surface area contributed by atoms with Gasteiger partial charge in [-0.15, -0.1) is 6.42 Å². The summed E-state index contributed by atoms with van der Waals surface area (Å²) in [6.45, 7) is 0.453. The Morgan fingerprint density at radius 2 is 2.21 bits per heavy atom. The zero-order chi connectivity index (χ0) is 14.1. The molecule has 3 N–H and O–H groups in total. The number of carboxylic acids is 1. The lowest BCUT2D eigenvalue weighted by Crippen LogP contribution is -2.28. The molecule has 5 heteroatoms. The molecule has 0 aromatic heterocycles. The van der Waals surface area contributed by atoms with Gasteiger partial charge in [-0.3, -0.25) is 10.1 Å². The Kier molecular flexibility index (Phi) is 5.86. The number of carboxylic acid groups (broad SMARTS) is 1. The molecule has 0 aliphatic heterocycles. The van der Waals surface area contributed by atoms with Crippen molar-refractivity contribution in [3.63, 3.8) is 0 Å². The highest BCUT2D eigenvalue weighted by atomic mass is 16.4. The van der Waals surface area contributed by atoms with Gasteiger partial charge in [-0.05, 0) is 23.8 Å². The van der Waals surface area contributed by atoms with Crippen LogP contribution < -0.4 is 10.6 Å². The molecule has 0 unspecified atom stereocenters. The number of nitrogens with one attached hydrogen (secondary N) is 2. The highest BCUT2D eigenvalue weighted by Gasteiger charge is 2.01. The van der Waals surface area contributed by atoms with Crippen molar-refractivity contribution in [1.29, 1.82) is 0 Å². The quantitative estimate of drug-likeness (QED) is 0.403. The molecule has 0 saturated carbocycles. The summed E-state index contributed by atoms with van der Waals surface area (Å²) >= 11 is 0. The van der Waals surface area contributed by atoms with Crippen LogP contribution >= 0.6 is 0 Å². The molecule has 0 radical (unpaired) electrons. The maximum atomic E-state index is 11.5. The molecule has 0 bridgehead atoms. The molecule has 0 heterocycles. The molecule has 0 spiro atoms. The number of amides is 1. The number of hydrogen-bond acceptors (Lipinski definition) is 3. The molecule has 1 amide bonds. The summed E-state index contributed by atoms with van der Waals surface area (Å²) < 4.78 is 0. The van der Waals surface area contributed by atoms with Crippen molar-refractivity contribution in [1.82, 2.24) is 5.32 Å². The minimum Gasteiger partial charge on any atom is -0.478 e. The summed E-state index contributed by atoms with van der Waals surface area (Å²) in [5.74, 6) is 1.13. The van der Waals surface area contributed by atoms with Crippen LogP contribution in [0.15, 0.2) is 30.3 Å². The van der Waals surface area contributed by atoms with Gasteiger partial charge in [-0.25, -0.2) is 4.79 Å². The Bertz CT molecular complexity index is 530. The van der Waals surface area contributed by atoms with E-state index < -0.39 is 5.97 Å².